The van der Waals surface area contributed by atoms with Crippen LogP contribution < -0.4 is 15.5 Å². The summed E-state index contributed by atoms with van der Waals surface area (Å²) in [5, 5.41) is 21.1. The fourth-order valence-electron chi connectivity index (χ4n) is 3.31. The van der Waals surface area contributed by atoms with Crippen molar-refractivity contribution in [1.29, 1.82) is 5.26 Å². The van der Waals surface area contributed by atoms with E-state index >= 15 is 0 Å². The van der Waals surface area contributed by atoms with Gasteiger partial charge < -0.3 is 15.0 Å². The zero-order valence-corrected chi connectivity index (χ0v) is 19.1. The second-order valence-corrected chi connectivity index (χ2v) is 7.97. The van der Waals surface area contributed by atoms with E-state index in [2.05, 4.69) is 31.2 Å². The molecule has 0 radical (unpaired) electrons. The van der Waals surface area contributed by atoms with Crippen LogP contribution in [0.5, 0.6) is 5.75 Å². The third-order valence-electron chi connectivity index (χ3n) is 5.07. The smallest absolute Gasteiger partial charge is 0.321 e. The summed E-state index contributed by atoms with van der Waals surface area (Å²) in [5.41, 5.74) is 2.60. The van der Waals surface area contributed by atoms with Crippen LogP contribution in [0.3, 0.4) is 0 Å². The summed E-state index contributed by atoms with van der Waals surface area (Å²) >= 11 is 3.05. The number of aromatic nitrogens is 1. The first kappa shape index (κ1) is 24.1. The number of nitrogens with zero attached hydrogens (tertiary/aromatic N) is 4. The number of ketones is 1. The average Bonchev–Trinajstić information content (AvgIpc) is 2.84. The molecule has 0 atom stereocenters. The van der Waals surface area contributed by atoms with Gasteiger partial charge in [0.15, 0.2) is 17.3 Å². The van der Waals surface area contributed by atoms with Crippen molar-refractivity contribution in [2.45, 2.75) is 12.8 Å². The van der Waals surface area contributed by atoms with Crippen molar-refractivity contribution < 1.29 is 23.9 Å². The largest absolute Gasteiger partial charge is 0.494 e. The van der Waals surface area contributed by atoms with Crippen molar-refractivity contribution in [3.63, 3.8) is 0 Å². The molecule has 12 heteroatoms. The molecule has 2 heterocycles. The van der Waals surface area contributed by atoms with E-state index in [0.717, 1.165) is 0 Å². The molecule has 1 aliphatic heterocycles. The Balaban J connectivity index is 1.60. The number of urea groups is 1. The average molecular weight is 519 g/mol. The molecular weight excluding hydrogens is 499 g/mol. The second-order valence-electron chi connectivity index (χ2n) is 7.11. The summed E-state index contributed by atoms with van der Waals surface area (Å²) in [6.07, 6.45) is 2.10. The summed E-state index contributed by atoms with van der Waals surface area (Å²) < 4.78 is 18.7. The Morgan fingerprint density at radius 3 is 2.70 bits per heavy atom. The number of nitriles is 1. The number of nitrogens with one attached hydrogen (secondary N) is 2. The number of likely N-dealkylation sites (tertiary alicyclic amines) is 1. The summed E-state index contributed by atoms with van der Waals surface area (Å²) in [4.78, 5) is 34.9. The lowest BCUT2D eigenvalue weighted by molar-refractivity contribution is -0.118. The SMILES string of the molecule is COc1cc(NC(=O)N2CCC(C(=O)C(=Nc3ccc(F)c(Br)c3)NO)CC2)cnc1C#N. The molecule has 33 heavy (non-hydrogen) atoms. The van der Waals surface area contributed by atoms with Gasteiger partial charge in [0.25, 0.3) is 0 Å². The molecule has 1 fully saturated rings. The van der Waals surface area contributed by atoms with Gasteiger partial charge in [-0.25, -0.2) is 24.6 Å². The van der Waals surface area contributed by atoms with Crippen LogP contribution >= 0.6 is 15.9 Å². The van der Waals surface area contributed by atoms with Crippen LogP contribution in [0.4, 0.5) is 20.6 Å². The summed E-state index contributed by atoms with van der Waals surface area (Å²) in [5.74, 6) is -1.34. The number of carbonyl (C=O) groups excluding carboxylic acids is 2. The number of Topliss-reactive ketones (excluding diaryl/α,β-unsaturated/α-hetero) is 1. The molecular formula is C21H20BrFN6O4. The fourth-order valence-corrected chi connectivity index (χ4v) is 3.68. The Labute approximate surface area is 197 Å². The Kier molecular flexibility index (Phi) is 7.92. The van der Waals surface area contributed by atoms with E-state index in [-0.39, 0.29) is 33.5 Å². The van der Waals surface area contributed by atoms with E-state index in [1.54, 1.807) is 4.90 Å². The molecule has 0 aliphatic carbocycles. The number of benzene rings is 1. The summed E-state index contributed by atoms with van der Waals surface area (Å²) in [6, 6.07) is 6.99. The number of pyridine rings is 1. The van der Waals surface area contributed by atoms with E-state index in [4.69, 9.17) is 10.00 Å². The first-order valence-corrected chi connectivity index (χ1v) is 10.6. The maximum atomic E-state index is 13.4. The predicted octanol–water partition coefficient (Wildman–Crippen LogP) is 3.39. The monoisotopic (exact) mass is 518 g/mol. The number of piperidine rings is 1. The maximum absolute atomic E-state index is 13.4. The van der Waals surface area contributed by atoms with E-state index in [1.807, 2.05) is 11.5 Å². The van der Waals surface area contributed by atoms with Crippen molar-refractivity contribution in [3.05, 3.63) is 46.4 Å². The number of halogens is 2. The maximum Gasteiger partial charge on any atom is 0.321 e. The number of hydroxylamine groups is 1. The molecule has 0 spiro atoms. The van der Waals surface area contributed by atoms with Crippen LogP contribution in [0.25, 0.3) is 0 Å². The number of amidine groups is 1. The number of methoxy groups -OCH3 is 1. The number of anilines is 1. The van der Waals surface area contributed by atoms with Gasteiger partial charge in [-0.3, -0.25) is 10.0 Å². The molecule has 0 unspecified atom stereocenters. The minimum absolute atomic E-state index is 0.109. The first-order valence-electron chi connectivity index (χ1n) is 9.84. The molecule has 0 saturated carbocycles. The molecule has 10 nitrogen and oxygen atoms in total. The second kappa shape index (κ2) is 10.8. The minimum atomic E-state index is -0.473. The van der Waals surface area contributed by atoms with Crippen molar-refractivity contribution >= 4 is 45.0 Å². The van der Waals surface area contributed by atoms with Gasteiger partial charge in [0.2, 0.25) is 5.78 Å². The van der Waals surface area contributed by atoms with Crippen LogP contribution in [-0.4, -0.2) is 52.9 Å². The third-order valence-corrected chi connectivity index (χ3v) is 5.67. The van der Waals surface area contributed by atoms with Crippen LogP contribution in [-0.2, 0) is 4.79 Å². The first-order chi connectivity index (χ1) is 15.9. The molecule has 1 aromatic heterocycles. The fraction of sp³-hybridized carbons (Fsp3) is 0.286. The van der Waals surface area contributed by atoms with Gasteiger partial charge in [-0.1, -0.05) is 0 Å². The lowest BCUT2D eigenvalue weighted by atomic mass is 9.92. The van der Waals surface area contributed by atoms with Gasteiger partial charge in [-0.05, 0) is 47.0 Å². The molecule has 2 amide bonds. The highest BCUT2D eigenvalue weighted by Gasteiger charge is 2.30. The Morgan fingerprint density at radius 2 is 2.09 bits per heavy atom. The van der Waals surface area contributed by atoms with Crippen molar-refractivity contribution in [1.82, 2.24) is 15.4 Å². The Hall–Kier alpha value is -3.56. The zero-order valence-electron chi connectivity index (χ0n) is 17.5. The molecule has 3 N–H and O–H groups in total. The van der Waals surface area contributed by atoms with Crippen molar-refractivity contribution in [2.75, 3.05) is 25.5 Å². The zero-order chi connectivity index (χ0) is 24.0. The quantitative estimate of drug-likeness (QED) is 0.313. The molecule has 2 aromatic rings. The molecule has 1 aliphatic rings. The number of carbonyl (C=O) groups is 2. The van der Waals surface area contributed by atoms with E-state index in [0.29, 0.717) is 31.6 Å². The van der Waals surface area contributed by atoms with Crippen molar-refractivity contribution in [3.8, 4) is 11.8 Å². The van der Waals surface area contributed by atoms with Gasteiger partial charge in [-0.15, -0.1) is 0 Å². The molecule has 1 saturated heterocycles. The lowest BCUT2D eigenvalue weighted by Crippen LogP contribution is -2.44. The molecule has 3 rings (SSSR count). The number of hydrogen-bond donors (Lipinski definition) is 3. The van der Waals surface area contributed by atoms with Gasteiger partial charge in [-0.2, -0.15) is 5.26 Å². The summed E-state index contributed by atoms with van der Waals surface area (Å²) in [7, 11) is 1.40. The van der Waals surface area contributed by atoms with Gasteiger partial charge in [0.1, 0.15) is 11.9 Å². The van der Waals surface area contributed by atoms with Crippen LogP contribution in [0.15, 0.2) is 39.9 Å². The minimum Gasteiger partial charge on any atom is -0.494 e. The summed E-state index contributed by atoms with van der Waals surface area (Å²) in [6.45, 7) is 0.619. The van der Waals surface area contributed by atoms with Crippen LogP contribution in [0, 0.1) is 23.1 Å². The van der Waals surface area contributed by atoms with Gasteiger partial charge in [0, 0.05) is 25.1 Å². The number of hydrogen-bond acceptors (Lipinski definition) is 7. The normalized spacial score (nSPS) is 14.4. The van der Waals surface area contributed by atoms with Crippen molar-refractivity contribution in [2.24, 2.45) is 10.9 Å². The Morgan fingerprint density at radius 1 is 1.36 bits per heavy atom. The highest BCUT2D eigenvalue weighted by atomic mass is 79.9. The van der Waals surface area contributed by atoms with Crippen LogP contribution in [0.1, 0.15) is 18.5 Å². The highest BCUT2D eigenvalue weighted by Crippen LogP contribution is 2.25. The predicted molar refractivity (Wildman–Crippen MR) is 120 cm³/mol. The molecule has 0 bridgehead atoms. The standard InChI is InChI=1S/C21H20BrFN6O4/c1-33-18-9-14(11-25-17(18)10-24)27-21(31)29-6-4-12(5-7-29)19(30)20(28-32)26-13-2-3-16(23)15(22)8-13/h2-3,8-9,11-12,32H,4-7H2,1H3,(H,26,28)(H,27,31). The number of ether oxygens (including phenoxy) is 1. The topological polar surface area (TPSA) is 140 Å². The van der Waals surface area contributed by atoms with E-state index in [1.165, 1.54) is 37.6 Å². The third kappa shape index (κ3) is 5.82. The number of rotatable bonds is 5. The molecule has 1 aromatic carbocycles. The lowest BCUT2D eigenvalue weighted by Gasteiger charge is -2.31. The number of aliphatic imine (C=N–C) groups is 1. The number of amides is 2. The van der Waals surface area contributed by atoms with Gasteiger partial charge in [0.05, 0.1) is 29.2 Å². The van der Waals surface area contributed by atoms with Gasteiger partial charge >= 0.3 is 6.03 Å². The van der Waals surface area contributed by atoms with E-state index in [9.17, 15) is 19.2 Å². The Bertz CT molecular complexity index is 1130. The van der Waals surface area contributed by atoms with E-state index < -0.39 is 17.5 Å². The van der Waals surface area contributed by atoms with Crippen LogP contribution in [0.2, 0.25) is 0 Å². The molecule has 172 valence electrons. The highest BCUT2D eigenvalue weighted by molar-refractivity contribution is 9.10.